The van der Waals surface area contributed by atoms with E-state index >= 15 is 0 Å². The normalized spacial score (nSPS) is 22.2. The lowest BCUT2D eigenvalue weighted by Gasteiger charge is -2.00. The minimum atomic E-state index is -3.49. The molecule has 1 aliphatic heterocycles. The highest BCUT2D eigenvalue weighted by Gasteiger charge is 2.50. The third-order valence-electron chi connectivity index (χ3n) is 3.03. The smallest absolute Gasteiger partial charge is 0.208 e. The van der Waals surface area contributed by atoms with Gasteiger partial charge in [-0.2, -0.15) is 0 Å². The van der Waals surface area contributed by atoms with E-state index in [1.54, 1.807) is 42.5 Å². The molecule has 0 saturated carbocycles. The Bertz CT molecular complexity index is 680. The molecule has 1 saturated heterocycles. The summed E-state index contributed by atoms with van der Waals surface area (Å²) in [7, 11) is -3.49. The largest absolute Gasteiger partial charge is 0.347 e. The third-order valence-corrected chi connectivity index (χ3v) is 4.93. The highest BCUT2D eigenvalue weighted by Crippen LogP contribution is 2.44. The van der Waals surface area contributed by atoms with Crippen molar-refractivity contribution in [3.63, 3.8) is 0 Å². The Balaban J connectivity index is 1.85. The fraction of sp³-hybridized carbons (Fsp3) is 0.143. The minimum Gasteiger partial charge on any atom is -0.347 e. The summed E-state index contributed by atoms with van der Waals surface area (Å²) in [5.74, 6) is -0.355. The first-order valence-electron chi connectivity index (χ1n) is 5.79. The SMILES string of the molecule is O=S(=O)(c1ccccc1)C1OC1c1ccc(F)cc1. The van der Waals surface area contributed by atoms with Gasteiger partial charge in [-0.05, 0) is 29.8 Å². The lowest BCUT2D eigenvalue weighted by Crippen LogP contribution is -2.09. The molecule has 1 aliphatic rings. The summed E-state index contributed by atoms with van der Waals surface area (Å²) in [6.45, 7) is 0. The summed E-state index contributed by atoms with van der Waals surface area (Å²) in [4.78, 5) is 0.240. The molecule has 1 fully saturated rings. The highest BCUT2D eigenvalue weighted by molar-refractivity contribution is 7.92. The highest BCUT2D eigenvalue weighted by atomic mass is 32.2. The van der Waals surface area contributed by atoms with Crippen LogP contribution in [0.3, 0.4) is 0 Å². The number of halogens is 1. The first kappa shape index (κ1) is 12.3. The molecule has 0 aliphatic carbocycles. The molecule has 2 atom stereocenters. The van der Waals surface area contributed by atoms with Crippen molar-refractivity contribution >= 4 is 9.84 Å². The second-order valence-electron chi connectivity index (χ2n) is 4.33. The van der Waals surface area contributed by atoms with Crippen molar-refractivity contribution in [1.29, 1.82) is 0 Å². The maximum Gasteiger partial charge on any atom is 0.208 e. The molecule has 98 valence electrons. The molecule has 19 heavy (non-hydrogen) atoms. The zero-order chi connectivity index (χ0) is 13.5. The van der Waals surface area contributed by atoms with Crippen molar-refractivity contribution in [2.45, 2.75) is 16.4 Å². The predicted molar refractivity (Wildman–Crippen MR) is 67.6 cm³/mol. The van der Waals surface area contributed by atoms with Crippen LogP contribution < -0.4 is 0 Å². The average Bonchev–Trinajstić information content (AvgIpc) is 3.22. The van der Waals surface area contributed by atoms with Crippen LogP contribution in [-0.2, 0) is 14.6 Å². The molecule has 3 nitrogen and oxygen atoms in total. The lowest BCUT2D eigenvalue weighted by atomic mass is 10.2. The second kappa shape index (κ2) is 4.43. The molecule has 5 heteroatoms. The van der Waals surface area contributed by atoms with Crippen molar-refractivity contribution in [2.24, 2.45) is 0 Å². The molecule has 2 unspecified atom stereocenters. The van der Waals surface area contributed by atoms with Gasteiger partial charge in [-0.1, -0.05) is 30.3 Å². The molecule has 0 N–H and O–H groups in total. The summed E-state index contributed by atoms with van der Waals surface area (Å²) in [5.41, 5.74) is -0.203. The van der Waals surface area contributed by atoms with Crippen LogP contribution in [0.1, 0.15) is 11.7 Å². The maximum atomic E-state index is 12.8. The number of rotatable bonds is 3. The molecule has 3 rings (SSSR count). The van der Waals surface area contributed by atoms with E-state index in [9.17, 15) is 12.8 Å². The zero-order valence-corrected chi connectivity index (χ0v) is 10.7. The standard InChI is InChI=1S/C14H11FO3S/c15-11-8-6-10(7-9-11)13-14(18-13)19(16,17)12-4-2-1-3-5-12/h1-9,13-14H. The minimum absolute atomic E-state index is 0.240. The Morgan fingerprint density at radius 2 is 1.58 bits per heavy atom. The Hall–Kier alpha value is -1.72. The summed E-state index contributed by atoms with van der Waals surface area (Å²) in [5, 5.41) is 0. The number of epoxide rings is 1. The van der Waals surface area contributed by atoms with Crippen molar-refractivity contribution in [1.82, 2.24) is 0 Å². The van der Waals surface area contributed by atoms with E-state index in [0.717, 1.165) is 0 Å². The molecule has 0 spiro atoms. The van der Waals surface area contributed by atoms with Crippen LogP contribution in [0.5, 0.6) is 0 Å². The van der Waals surface area contributed by atoms with E-state index in [0.29, 0.717) is 5.56 Å². The van der Waals surface area contributed by atoms with Gasteiger partial charge in [0.05, 0.1) is 4.90 Å². The lowest BCUT2D eigenvalue weighted by molar-refractivity contribution is 0.399. The van der Waals surface area contributed by atoms with Crippen LogP contribution >= 0.6 is 0 Å². The van der Waals surface area contributed by atoms with Crippen LogP contribution in [0, 0.1) is 5.82 Å². The maximum absolute atomic E-state index is 12.8. The Labute approximate surface area is 110 Å². The average molecular weight is 278 g/mol. The monoisotopic (exact) mass is 278 g/mol. The van der Waals surface area contributed by atoms with Crippen molar-refractivity contribution in [3.05, 3.63) is 66.0 Å². The van der Waals surface area contributed by atoms with Crippen LogP contribution in [0.25, 0.3) is 0 Å². The predicted octanol–water partition coefficient (Wildman–Crippen LogP) is 2.70. The van der Waals surface area contributed by atoms with Crippen molar-refractivity contribution in [3.8, 4) is 0 Å². The van der Waals surface area contributed by atoms with Gasteiger partial charge in [-0.3, -0.25) is 0 Å². The quantitative estimate of drug-likeness (QED) is 0.811. The molecular formula is C14H11FO3S. The summed E-state index contributed by atoms with van der Waals surface area (Å²) in [6.07, 6.45) is -0.509. The Morgan fingerprint density at radius 3 is 2.21 bits per heavy atom. The number of benzene rings is 2. The molecule has 0 aromatic heterocycles. The first-order chi connectivity index (χ1) is 9.09. The molecule has 0 bridgehead atoms. The molecule has 1 heterocycles. The fourth-order valence-electron chi connectivity index (χ4n) is 1.97. The number of hydrogen-bond acceptors (Lipinski definition) is 3. The van der Waals surface area contributed by atoms with E-state index in [2.05, 4.69) is 0 Å². The second-order valence-corrected chi connectivity index (χ2v) is 6.36. The molecule has 2 aromatic rings. The molecular weight excluding hydrogens is 267 g/mol. The van der Waals surface area contributed by atoms with Crippen LogP contribution in [-0.4, -0.2) is 13.9 Å². The Kier molecular flexibility index (Phi) is 2.88. The zero-order valence-electron chi connectivity index (χ0n) is 9.86. The van der Waals surface area contributed by atoms with Crippen LogP contribution in [0.4, 0.5) is 4.39 Å². The van der Waals surface area contributed by atoms with Crippen molar-refractivity contribution in [2.75, 3.05) is 0 Å². The topological polar surface area (TPSA) is 46.7 Å². The molecule has 0 radical (unpaired) electrons. The van der Waals surface area contributed by atoms with E-state index in [1.807, 2.05) is 0 Å². The van der Waals surface area contributed by atoms with Gasteiger partial charge in [0, 0.05) is 0 Å². The van der Waals surface area contributed by atoms with Gasteiger partial charge in [0.25, 0.3) is 0 Å². The van der Waals surface area contributed by atoms with Gasteiger partial charge in [-0.25, -0.2) is 12.8 Å². The van der Waals surface area contributed by atoms with Gasteiger partial charge in [0.1, 0.15) is 11.9 Å². The summed E-state index contributed by atoms with van der Waals surface area (Å²) < 4.78 is 42.6. The number of ether oxygens (including phenoxy) is 1. The summed E-state index contributed by atoms with van der Waals surface area (Å²) >= 11 is 0. The van der Waals surface area contributed by atoms with Crippen molar-refractivity contribution < 1.29 is 17.5 Å². The van der Waals surface area contributed by atoms with Crippen LogP contribution in [0.15, 0.2) is 59.5 Å². The van der Waals surface area contributed by atoms with E-state index < -0.39 is 21.4 Å². The number of sulfone groups is 1. The van der Waals surface area contributed by atoms with E-state index in [1.165, 1.54) is 12.1 Å². The van der Waals surface area contributed by atoms with Gasteiger partial charge >= 0.3 is 0 Å². The van der Waals surface area contributed by atoms with E-state index in [4.69, 9.17) is 4.74 Å². The number of hydrogen-bond donors (Lipinski definition) is 0. The van der Waals surface area contributed by atoms with Gasteiger partial charge in [0.15, 0.2) is 5.44 Å². The van der Waals surface area contributed by atoms with E-state index in [-0.39, 0.29) is 10.7 Å². The molecule has 2 aromatic carbocycles. The fourth-order valence-corrected chi connectivity index (χ4v) is 3.52. The first-order valence-corrected chi connectivity index (χ1v) is 7.33. The van der Waals surface area contributed by atoms with Gasteiger partial charge in [-0.15, -0.1) is 0 Å². The van der Waals surface area contributed by atoms with Gasteiger partial charge < -0.3 is 4.74 Å². The van der Waals surface area contributed by atoms with Crippen LogP contribution in [0.2, 0.25) is 0 Å². The van der Waals surface area contributed by atoms with Gasteiger partial charge in [0.2, 0.25) is 9.84 Å². The summed E-state index contributed by atoms with van der Waals surface area (Å²) in [6, 6.07) is 13.8. The third kappa shape index (κ3) is 2.27. The Morgan fingerprint density at radius 1 is 0.947 bits per heavy atom. The molecule has 0 amide bonds.